The van der Waals surface area contributed by atoms with E-state index < -0.39 is 0 Å². The van der Waals surface area contributed by atoms with E-state index in [9.17, 15) is 0 Å². The molecule has 1 atom stereocenters. The van der Waals surface area contributed by atoms with Gasteiger partial charge in [0.25, 0.3) is 0 Å². The monoisotopic (exact) mass is 249 g/mol. The van der Waals surface area contributed by atoms with E-state index in [-0.39, 0.29) is 6.10 Å². The first-order valence-electron chi connectivity index (χ1n) is 6.30. The fraction of sp³-hybridized carbons (Fsp3) is 0.500. The zero-order chi connectivity index (χ0) is 13.4. The van der Waals surface area contributed by atoms with E-state index in [1.54, 1.807) is 7.05 Å². The quantitative estimate of drug-likeness (QED) is 0.620. The highest BCUT2D eigenvalue weighted by Crippen LogP contribution is 2.10. The van der Waals surface area contributed by atoms with E-state index in [0.717, 1.165) is 11.7 Å². The van der Waals surface area contributed by atoms with Crippen molar-refractivity contribution in [2.24, 2.45) is 4.99 Å². The van der Waals surface area contributed by atoms with Crippen LogP contribution in [0.15, 0.2) is 35.3 Å². The smallest absolute Gasteiger partial charge is 0.191 e. The van der Waals surface area contributed by atoms with Crippen molar-refractivity contribution in [1.29, 1.82) is 0 Å². The van der Waals surface area contributed by atoms with Crippen LogP contribution in [0, 0.1) is 0 Å². The van der Waals surface area contributed by atoms with Gasteiger partial charge in [-0.05, 0) is 32.9 Å². The van der Waals surface area contributed by atoms with Crippen molar-refractivity contribution in [3.8, 4) is 5.75 Å². The van der Waals surface area contributed by atoms with Gasteiger partial charge in [0.2, 0.25) is 0 Å². The molecule has 0 saturated carbocycles. The van der Waals surface area contributed by atoms with Crippen molar-refractivity contribution < 1.29 is 4.74 Å². The number of rotatable bonds is 5. The number of aliphatic imine (C=N–C) groups is 1. The Morgan fingerprint density at radius 3 is 2.44 bits per heavy atom. The molecule has 0 heterocycles. The Bertz CT molecular complexity index is 363. The molecule has 2 N–H and O–H groups in total. The lowest BCUT2D eigenvalue weighted by molar-refractivity contribution is 0.224. The maximum absolute atomic E-state index is 5.77. The molecule has 1 aromatic rings. The van der Waals surface area contributed by atoms with Gasteiger partial charge in [-0.2, -0.15) is 0 Å². The van der Waals surface area contributed by atoms with Crippen LogP contribution in [0.1, 0.15) is 20.8 Å². The maximum atomic E-state index is 5.77. The number of nitrogens with one attached hydrogen (secondary N) is 2. The predicted molar refractivity (Wildman–Crippen MR) is 76.2 cm³/mol. The van der Waals surface area contributed by atoms with Crippen molar-refractivity contribution in [3.05, 3.63) is 30.3 Å². The van der Waals surface area contributed by atoms with Gasteiger partial charge in [0.1, 0.15) is 11.9 Å². The molecular formula is C14H23N3O. The standard InChI is InChI=1S/C14H23N3O/c1-11(2)17-14(15-4)16-10-12(3)18-13-8-6-5-7-9-13/h5-9,11-12H,10H2,1-4H3,(H2,15,16,17). The second-order valence-corrected chi connectivity index (χ2v) is 4.49. The fourth-order valence-electron chi connectivity index (χ4n) is 1.48. The summed E-state index contributed by atoms with van der Waals surface area (Å²) in [5.74, 6) is 1.69. The Labute approximate surface area is 109 Å². The molecule has 1 unspecified atom stereocenters. The van der Waals surface area contributed by atoms with Crippen molar-refractivity contribution >= 4 is 5.96 Å². The van der Waals surface area contributed by atoms with E-state index in [0.29, 0.717) is 12.6 Å². The largest absolute Gasteiger partial charge is 0.489 e. The highest BCUT2D eigenvalue weighted by molar-refractivity contribution is 5.79. The number of guanidine groups is 1. The summed E-state index contributed by atoms with van der Waals surface area (Å²) >= 11 is 0. The van der Waals surface area contributed by atoms with Crippen LogP contribution in [0.5, 0.6) is 5.75 Å². The van der Waals surface area contributed by atoms with E-state index in [2.05, 4.69) is 29.5 Å². The lowest BCUT2D eigenvalue weighted by Gasteiger charge is -2.18. The molecule has 4 heteroatoms. The molecule has 100 valence electrons. The topological polar surface area (TPSA) is 45.7 Å². The van der Waals surface area contributed by atoms with Gasteiger partial charge < -0.3 is 15.4 Å². The maximum Gasteiger partial charge on any atom is 0.191 e. The van der Waals surface area contributed by atoms with Crippen molar-refractivity contribution in [1.82, 2.24) is 10.6 Å². The first kappa shape index (κ1) is 14.4. The SMILES string of the molecule is CN=C(NCC(C)Oc1ccccc1)NC(C)C. The summed E-state index contributed by atoms with van der Waals surface area (Å²) in [6.07, 6.45) is 0.0816. The Hall–Kier alpha value is -1.71. The molecule has 0 saturated heterocycles. The minimum atomic E-state index is 0.0816. The molecule has 0 aliphatic carbocycles. The summed E-state index contributed by atoms with van der Waals surface area (Å²) in [7, 11) is 1.76. The van der Waals surface area contributed by atoms with Crippen LogP contribution >= 0.6 is 0 Å². The Kier molecular flexibility index (Phi) is 6.05. The van der Waals surface area contributed by atoms with Crippen LogP contribution in [-0.2, 0) is 0 Å². The molecule has 0 spiro atoms. The van der Waals surface area contributed by atoms with Gasteiger partial charge in [-0.15, -0.1) is 0 Å². The zero-order valence-electron chi connectivity index (χ0n) is 11.6. The van der Waals surface area contributed by atoms with Crippen LogP contribution in [0.2, 0.25) is 0 Å². The third-order valence-electron chi connectivity index (χ3n) is 2.29. The second kappa shape index (κ2) is 7.58. The fourth-order valence-corrected chi connectivity index (χ4v) is 1.48. The average Bonchev–Trinajstić information content (AvgIpc) is 2.35. The summed E-state index contributed by atoms with van der Waals surface area (Å²) in [4.78, 5) is 4.15. The van der Waals surface area contributed by atoms with E-state index >= 15 is 0 Å². The second-order valence-electron chi connectivity index (χ2n) is 4.49. The summed E-state index contributed by atoms with van der Waals surface area (Å²) in [6.45, 7) is 6.90. The number of hydrogen-bond donors (Lipinski definition) is 2. The lowest BCUT2D eigenvalue weighted by atomic mass is 10.3. The zero-order valence-corrected chi connectivity index (χ0v) is 11.6. The molecule has 0 aromatic heterocycles. The van der Waals surface area contributed by atoms with Crippen LogP contribution in [0.3, 0.4) is 0 Å². The molecule has 0 amide bonds. The number of ether oxygens (including phenoxy) is 1. The normalized spacial score (nSPS) is 13.3. The molecule has 1 rings (SSSR count). The number of hydrogen-bond acceptors (Lipinski definition) is 2. The Morgan fingerprint density at radius 2 is 1.89 bits per heavy atom. The summed E-state index contributed by atoms with van der Waals surface area (Å²) in [5, 5.41) is 6.47. The molecule has 0 fully saturated rings. The van der Waals surface area contributed by atoms with Gasteiger partial charge >= 0.3 is 0 Å². The molecule has 1 aromatic carbocycles. The third kappa shape index (κ3) is 5.57. The predicted octanol–water partition coefficient (Wildman–Crippen LogP) is 2.03. The molecule has 4 nitrogen and oxygen atoms in total. The van der Waals surface area contributed by atoms with Crippen LogP contribution in [-0.4, -0.2) is 31.7 Å². The van der Waals surface area contributed by atoms with Gasteiger partial charge in [0.05, 0.1) is 6.54 Å². The van der Waals surface area contributed by atoms with Crippen LogP contribution < -0.4 is 15.4 Å². The van der Waals surface area contributed by atoms with Crippen LogP contribution in [0.25, 0.3) is 0 Å². The van der Waals surface area contributed by atoms with Gasteiger partial charge in [0, 0.05) is 13.1 Å². The number of nitrogens with zero attached hydrogens (tertiary/aromatic N) is 1. The first-order valence-corrected chi connectivity index (χ1v) is 6.30. The van der Waals surface area contributed by atoms with Gasteiger partial charge in [0.15, 0.2) is 5.96 Å². The third-order valence-corrected chi connectivity index (χ3v) is 2.29. The van der Waals surface area contributed by atoms with E-state index in [1.165, 1.54) is 0 Å². The summed E-state index contributed by atoms with van der Waals surface area (Å²) in [6, 6.07) is 10.2. The number of benzene rings is 1. The van der Waals surface area contributed by atoms with E-state index in [1.807, 2.05) is 37.3 Å². The minimum Gasteiger partial charge on any atom is -0.489 e. The van der Waals surface area contributed by atoms with Gasteiger partial charge in [-0.25, -0.2) is 0 Å². The van der Waals surface area contributed by atoms with Gasteiger partial charge in [-0.1, -0.05) is 18.2 Å². The average molecular weight is 249 g/mol. The van der Waals surface area contributed by atoms with Crippen LogP contribution in [0.4, 0.5) is 0 Å². The molecular weight excluding hydrogens is 226 g/mol. The Morgan fingerprint density at radius 1 is 1.22 bits per heavy atom. The lowest BCUT2D eigenvalue weighted by Crippen LogP contribution is -2.44. The summed E-state index contributed by atoms with van der Waals surface area (Å²) < 4.78 is 5.77. The van der Waals surface area contributed by atoms with Crippen molar-refractivity contribution in [2.75, 3.05) is 13.6 Å². The van der Waals surface area contributed by atoms with E-state index in [4.69, 9.17) is 4.74 Å². The highest BCUT2D eigenvalue weighted by Gasteiger charge is 2.05. The first-order chi connectivity index (χ1) is 8.61. The molecule has 0 aliphatic rings. The Balaban J connectivity index is 2.34. The number of para-hydroxylation sites is 1. The molecule has 0 radical (unpaired) electrons. The van der Waals surface area contributed by atoms with Crippen molar-refractivity contribution in [2.45, 2.75) is 32.9 Å². The van der Waals surface area contributed by atoms with Gasteiger partial charge in [-0.3, -0.25) is 4.99 Å². The molecule has 0 bridgehead atoms. The molecule has 18 heavy (non-hydrogen) atoms. The van der Waals surface area contributed by atoms with Crippen molar-refractivity contribution in [3.63, 3.8) is 0 Å². The highest BCUT2D eigenvalue weighted by atomic mass is 16.5. The molecule has 0 aliphatic heterocycles. The summed E-state index contributed by atoms with van der Waals surface area (Å²) in [5.41, 5.74) is 0. The minimum absolute atomic E-state index is 0.0816.